The van der Waals surface area contributed by atoms with E-state index in [9.17, 15) is 5.11 Å². The molecule has 0 aromatic carbocycles. The lowest BCUT2D eigenvalue weighted by molar-refractivity contribution is 0.189. The third kappa shape index (κ3) is 5.11. The summed E-state index contributed by atoms with van der Waals surface area (Å²) in [6.07, 6.45) is 12.1. The molecule has 0 bridgehead atoms. The third-order valence-electron chi connectivity index (χ3n) is 6.68. The molecule has 1 unspecified atom stereocenters. The highest BCUT2D eigenvalue weighted by Gasteiger charge is 2.24. The Balaban J connectivity index is 1.27. The van der Waals surface area contributed by atoms with Gasteiger partial charge in [0, 0.05) is 51.4 Å². The first-order valence-electron chi connectivity index (χ1n) is 11.0. The van der Waals surface area contributed by atoms with Crippen molar-refractivity contribution in [2.45, 2.75) is 57.4 Å². The molecule has 4 rings (SSSR count). The van der Waals surface area contributed by atoms with Crippen LogP contribution in [0.25, 0.3) is 0 Å². The molecule has 150 valence electrons. The SMILES string of the molecule is OCC1CCCN(c2cc(NC3CCN(CC4CCCC4)CC3)ncn2)C1. The molecular weight excluding hydrogens is 338 g/mol. The molecule has 6 nitrogen and oxygen atoms in total. The molecule has 1 atom stereocenters. The number of nitrogens with zero attached hydrogens (tertiary/aromatic N) is 4. The average molecular weight is 374 g/mol. The summed E-state index contributed by atoms with van der Waals surface area (Å²) in [6.45, 7) is 5.91. The third-order valence-corrected chi connectivity index (χ3v) is 6.68. The van der Waals surface area contributed by atoms with Gasteiger partial charge in [0.1, 0.15) is 18.0 Å². The second-order valence-electron chi connectivity index (χ2n) is 8.77. The second-order valence-corrected chi connectivity index (χ2v) is 8.77. The molecule has 3 fully saturated rings. The summed E-state index contributed by atoms with van der Waals surface area (Å²) < 4.78 is 0. The van der Waals surface area contributed by atoms with Gasteiger partial charge in [-0.25, -0.2) is 9.97 Å². The van der Waals surface area contributed by atoms with Crippen molar-refractivity contribution >= 4 is 11.6 Å². The van der Waals surface area contributed by atoms with E-state index in [-0.39, 0.29) is 6.61 Å². The normalized spacial score (nSPS) is 25.8. The molecule has 0 amide bonds. The first-order valence-corrected chi connectivity index (χ1v) is 11.0. The predicted molar refractivity (Wildman–Crippen MR) is 109 cm³/mol. The highest BCUT2D eigenvalue weighted by atomic mass is 16.3. The van der Waals surface area contributed by atoms with Gasteiger partial charge < -0.3 is 20.2 Å². The van der Waals surface area contributed by atoms with Crippen molar-refractivity contribution in [2.75, 3.05) is 49.5 Å². The number of anilines is 2. The van der Waals surface area contributed by atoms with Crippen LogP contribution in [0.5, 0.6) is 0 Å². The lowest BCUT2D eigenvalue weighted by atomic mass is 9.99. The van der Waals surface area contributed by atoms with Crippen LogP contribution in [0.1, 0.15) is 51.4 Å². The molecule has 0 spiro atoms. The van der Waals surface area contributed by atoms with Gasteiger partial charge in [0.15, 0.2) is 0 Å². The summed E-state index contributed by atoms with van der Waals surface area (Å²) in [5, 5.41) is 13.1. The number of aliphatic hydroxyl groups is 1. The zero-order valence-electron chi connectivity index (χ0n) is 16.5. The molecule has 3 aliphatic rings. The number of hydrogen-bond acceptors (Lipinski definition) is 6. The van der Waals surface area contributed by atoms with Crippen molar-refractivity contribution in [3.8, 4) is 0 Å². The largest absolute Gasteiger partial charge is 0.396 e. The number of piperidine rings is 2. The van der Waals surface area contributed by atoms with E-state index >= 15 is 0 Å². The molecule has 1 aromatic heterocycles. The minimum Gasteiger partial charge on any atom is -0.396 e. The van der Waals surface area contributed by atoms with E-state index in [1.54, 1.807) is 6.33 Å². The zero-order valence-corrected chi connectivity index (χ0v) is 16.5. The minimum absolute atomic E-state index is 0.270. The van der Waals surface area contributed by atoms with E-state index in [1.165, 1.54) is 58.2 Å². The van der Waals surface area contributed by atoms with Gasteiger partial charge in [0.25, 0.3) is 0 Å². The van der Waals surface area contributed by atoms with Crippen LogP contribution in [0, 0.1) is 11.8 Å². The number of rotatable bonds is 6. The lowest BCUT2D eigenvalue weighted by Gasteiger charge is -2.34. The molecule has 6 heteroatoms. The predicted octanol–water partition coefficient (Wildman–Crippen LogP) is 2.75. The maximum absolute atomic E-state index is 9.46. The van der Waals surface area contributed by atoms with Crippen molar-refractivity contribution in [3.05, 3.63) is 12.4 Å². The van der Waals surface area contributed by atoms with Crippen molar-refractivity contribution in [1.82, 2.24) is 14.9 Å². The standard InChI is InChI=1S/C21H35N5O/c27-15-18-6-3-9-26(14-18)21-12-20(22-16-23-21)24-19-7-10-25(11-8-19)13-17-4-1-2-5-17/h12,16-19,27H,1-11,13-15H2,(H,22,23,24). The molecule has 27 heavy (non-hydrogen) atoms. The van der Waals surface area contributed by atoms with Crippen LogP contribution in [0.2, 0.25) is 0 Å². The van der Waals surface area contributed by atoms with Gasteiger partial charge in [-0.05, 0) is 50.4 Å². The Morgan fingerprint density at radius 1 is 0.963 bits per heavy atom. The number of nitrogens with one attached hydrogen (secondary N) is 1. The van der Waals surface area contributed by atoms with Gasteiger partial charge in [-0.1, -0.05) is 12.8 Å². The van der Waals surface area contributed by atoms with Gasteiger partial charge in [0.05, 0.1) is 0 Å². The van der Waals surface area contributed by atoms with Crippen LogP contribution in [0.15, 0.2) is 12.4 Å². The van der Waals surface area contributed by atoms with E-state index in [0.29, 0.717) is 12.0 Å². The molecule has 2 saturated heterocycles. The van der Waals surface area contributed by atoms with E-state index in [2.05, 4.69) is 31.2 Å². The van der Waals surface area contributed by atoms with Gasteiger partial charge in [0.2, 0.25) is 0 Å². The van der Waals surface area contributed by atoms with Crippen LogP contribution in [-0.4, -0.2) is 65.3 Å². The number of aromatic nitrogens is 2. The Labute approximate surface area is 163 Å². The smallest absolute Gasteiger partial charge is 0.134 e. The van der Waals surface area contributed by atoms with Crippen LogP contribution < -0.4 is 10.2 Å². The van der Waals surface area contributed by atoms with E-state index in [0.717, 1.165) is 43.5 Å². The molecule has 0 radical (unpaired) electrons. The molecule has 3 heterocycles. The fourth-order valence-corrected chi connectivity index (χ4v) is 5.05. The highest BCUT2D eigenvalue weighted by Crippen LogP contribution is 2.27. The molecule has 2 aliphatic heterocycles. The number of aliphatic hydroxyl groups excluding tert-OH is 1. The summed E-state index contributed by atoms with van der Waals surface area (Å²) in [5.74, 6) is 3.25. The first-order chi connectivity index (χ1) is 13.3. The Bertz CT molecular complexity index is 584. The van der Waals surface area contributed by atoms with Gasteiger partial charge in [-0.3, -0.25) is 0 Å². The maximum atomic E-state index is 9.46. The Kier molecular flexibility index (Phi) is 6.45. The minimum atomic E-state index is 0.270. The fraction of sp³-hybridized carbons (Fsp3) is 0.810. The Morgan fingerprint density at radius 2 is 1.74 bits per heavy atom. The van der Waals surface area contributed by atoms with Crippen molar-refractivity contribution in [1.29, 1.82) is 0 Å². The number of hydrogen-bond donors (Lipinski definition) is 2. The molecule has 1 saturated carbocycles. The summed E-state index contributed by atoms with van der Waals surface area (Å²) in [4.78, 5) is 13.9. The summed E-state index contributed by atoms with van der Waals surface area (Å²) in [6, 6.07) is 2.60. The van der Waals surface area contributed by atoms with Crippen molar-refractivity contribution in [2.24, 2.45) is 11.8 Å². The van der Waals surface area contributed by atoms with E-state index in [4.69, 9.17) is 0 Å². The van der Waals surface area contributed by atoms with E-state index in [1.807, 2.05) is 0 Å². The van der Waals surface area contributed by atoms with Crippen molar-refractivity contribution in [3.63, 3.8) is 0 Å². The molecule has 1 aromatic rings. The summed E-state index contributed by atoms with van der Waals surface area (Å²) in [7, 11) is 0. The van der Waals surface area contributed by atoms with Gasteiger partial charge >= 0.3 is 0 Å². The van der Waals surface area contributed by atoms with Crippen LogP contribution in [0.3, 0.4) is 0 Å². The Hall–Kier alpha value is -1.40. The quantitative estimate of drug-likeness (QED) is 0.799. The second kappa shape index (κ2) is 9.20. The monoisotopic (exact) mass is 373 g/mol. The van der Waals surface area contributed by atoms with Gasteiger partial charge in [-0.15, -0.1) is 0 Å². The van der Waals surface area contributed by atoms with Gasteiger partial charge in [-0.2, -0.15) is 0 Å². The Morgan fingerprint density at radius 3 is 2.52 bits per heavy atom. The fourth-order valence-electron chi connectivity index (χ4n) is 5.05. The van der Waals surface area contributed by atoms with Crippen molar-refractivity contribution < 1.29 is 5.11 Å². The van der Waals surface area contributed by atoms with Crippen LogP contribution in [0.4, 0.5) is 11.6 Å². The maximum Gasteiger partial charge on any atom is 0.134 e. The van der Waals surface area contributed by atoms with Crippen LogP contribution in [-0.2, 0) is 0 Å². The molecule has 1 aliphatic carbocycles. The average Bonchev–Trinajstić information content (AvgIpc) is 3.23. The number of likely N-dealkylation sites (tertiary alicyclic amines) is 1. The first kappa shape index (κ1) is 18.9. The summed E-state index contributed by atoms with van der Waals surface area (Å²) >= 11 is 0. The van der Waals surface area contributed by atoms with E-state index < -0.39 is 0 Å². The summed E-state index contributed by atoms with van der Waals surface area (Å²) in [5.41, 5.74) is 0. The highest BCUT2D eigenvalue weighted by molar-refractivity contribution is 5.49. The topological polar surface area (TPSA) is 64.5 Å². The molecular formula is C21H35N5O. The zero-order chi connectivity index (χ0) is 18.5. The van der Waals surface area contributed by atoms with Crippen LogP contribution >= 0.6 is 0 Å². The molecule has 2 N–H and O–H groups in total. The lowest BCUT2D eigenvalue weighted by Crippen LogP contribution is -2.41.